The van der Waals surface area contributed by atoms with Crippen LogP contribution in [0.2, 0.25) is 0 Å². The maximum absolute atomic E-state index is 12.4. The molecule has 154 valence electrons. The quantitative estimate of drug-likeness (QED) is 0.736. The van der Waals surface area contributed by atoms with Gasteiger partial charge in [0.15, 0.2) is 0 Å². The Balaban J connectivity index is 1.42. The summed E-state index contributed by atoms with van der Waals surface area (Å²) in [4.78, 5) is 14.2. The molecular formula is C24H29NO4. The number of ether oxygens (including phenoxy) is 3. The van der Waals surface area contributed by atoms with Gasteiger partial charge in [0, 0.05) is 19.0 Å². The zero-order chi connectivity index (χ0) is 20.5. The van der Waals surface area contributed by atoms with E-state index < -0.39 is 5.60 Å². The van der Waals surface area contributed by atoms with Gasteiger partial charge in [-0.1, -0.05) is 36.4 Å². The number of amides is 1. The fourth-order valence-electron chi connectivity index (χ4n) is 3.93. The van der Waals surface area contributed by atoms with Crippen molar-refractivity contribution in [2.45, 2.75) is 57.8 Å². The van der Waals surface area contributed by atoms with Crippen molar-refractivity contribution in [3.05, 3.63) is 59.7 Å². The Hall–Kier alpha value is -2.69. The van der Waals surface area contributed by atoms with E-state index in [4.69, 9.17) is 14.2 Å². The maximum atomic E-state index is 12.4. The highest BCUT2D eigenvalue weighted by atomic mass is 16.6. The molecule has 29 heavy (non-hydrogen) atoms. The third-order valence-corrected chi connectivity index (χ3v) is 5.43. The van der Waals surface area contributed by atoms with Gasteiger partial charge in [0.1, 0.15) is 29.3 Å². The number of likely N-dealkylation sites (tertiary alicyclic amines) is 1. The van der Waals surface area contributed by atoms with Crippen molar-refractivity contribution >= 4 is 6.09 Å². The average Bonchev–Trinajstić information content (AvgIpc) is 3.09. The minimum Gasteiger partial charge on any atom is -0.489 e. The fraction of sp³-hybridized carbons (Fsp3) is 0.458. The third kappa shape index (κ3) is 4.66. The standard InChI is InChI=1S/C24H29NO4/c1-23(2,3)29-22(26)25-14-13-24(17-25)12-11-19-9-10-20(15-21(19)28-24)27-16-18-7-5-4-6-8-18/h4-10,15H,11-14,16-17H2,1-3H3/t24-/m1/s1. The first-order valence-electron chi connectivity index (χ1n) is 10.3. The molecule has 2 aromatic rings. The highest BCUT2D eigenvalue weighted by Crippen LogP contribution is 2.40. The molecule has 0 aromatic heterocycles. The van der Waals surface area contributed by atoms with E-state index in [1.807, 2.05) is 63.2 Å². The zero-order valence-corrected chi connectivity index (χ0v) is 17.4. The van der Waals surface area contributed by atoms with E-state index in [1.54, 1.807) is 4.90 Å². The lowest BCUT2D eigenvalue weighted by molar-refractivity contribution is 0.0170. The highest BCUT2D eigenvalue weighted by Gasteiger charge is 2.45. The van der Waals surface area contributed by atoms with Crippen LogP contribution in [-0.2, 0) is 17.8 Å². The summed E-state index contributed by atoms with van der Waals surface area (Å²) in [5.41, 5.74) is 1.50. The van der Waals surface area contributed by atoms with E-state index in [0.29, 0.717) is 19.7 Å². The summed E-state index contributed by atoms with van der Waals surface area (Å²) in [6.45, 7) is 7.42. The van der Waals surface area contributed by atoms with Crippen molar-refractivity contribution in [1.29, 1.82) is 0 Å². The Morgan fingerprint density at radius 2 is 1.93 bits per heavy atom. The van der Waals surface area contributed by atoms with Gasteiger partial charge in [-0.2, -0.15) is 0 Å². The topological polar surface area (TPSA) is 48.0 Å². The molecule has 1 saturated heterocycles. The van der Waals surface area contributed by atoms with Crippen molar-refractivity contribution in [3.63, 3.8) is 0 Å². The first-order valence-corrected chi connectivity index (χ1v) is 10.3. The summed E-state index contributed by atoms with van der Waals surface area (Å²) in [7, 11) is 0. The summed E-state index contributed by atoms with van der Waals surface area (Å²) in [6.07, 6.45) is 2.41. The summed E-state index contributed by atoms with van der Waals surface area (Å²) >= 11 is 0. The van der Waals surface area contributed by atoms with E-state index in [-0.39, 0.29) is 11.7 Å². The van der Waals surface area contributed by atoms with Gasteiger partial charge in [0.05, 0.1) is 6.54 Å². The Bertz CT molecular complexity index is 874. The Kier molecular flexibility index (Phi) is 5.15. The molecule has 2 aliphatic rings. The van der Waals surface area contributed by atoms with Gasteiger partial charge in [-0.05, 0) is 50.8 Å². The lowest BCUT2D eigenvalue weighted by Crippen LogP contribution is -2.44. The van der Waals surface area contributed by atoms with Gasteiger partial charge in [-0.25, -0.2) is 4.79 Å². The van der Waals surface area contributed by atoms with Crippen molar-refractivity contribution in [2.24, 2.45) is 0 Å². The van der Waals surface area contributed by atoms with Crippen LogP contribution in [0, 0.1) is 0 Å². The summed E-state index contributed by atoms with van der Waals surface area (Å²) in [5.74, 6) is 1.67. The van der Waals surface area contributed by atoms with Gasteiger partial charge in [-0.3, -0.25) is 0 Å². The molecular weight excluding hydrogens is 366 g/mol. The summed E-state index contributed by atoms with van der Waals surface area (Å²) in [5, 5.41) is 0. The second-order valence-corrected chi connectivity index (χ2v) is 8.98. The molecule has 1 amide bonds. The number of hydrogen-bond acceptors (Lipinski definition) is 4. The summed E-state index contributed by atoms with van der Waals surface area (Å²) in [6, 6.07) is 16.2. The lowest BCUT2D eigenvalue weighted by atomic mass is 9.90. The molecule has 0 aliphatic carbocycles. The number of benzene rings is 2. The van der Waals surface area contributed by atoms with Crippen LogP contribution >= 0.6 is 0 Å². The number of rotatable bonds is 3. The van der Waals surface area contributed by atoms with Gasteiger partial charge >= 0.3 is 6.09 Å². The van der Waals surface area contributed by atoms with Crippen molar-refractivity contribution < 1.29 is 19.0 Å². The monoisotopic (exact) mass is 395 g/mol. The molecule has 1 fully saturated rings. The van der Waals surface area contributed by atoms with Crippen molar-refractivity contribution in [2.75, 3.05) is 13.1 Å². The SMILES string of the molecule is CC(C)(C)OC(=O)N1CC[C@]2(CCc3ccc(OCc4ccccc4)cc3O2)C1. The Labute approximate surface area is 172 Å². The second-order valence-electron chi connectivity index (χ2n) is 8.98. The number of hydrogen-bond donors (Lipinski definition) is 0. The molecule has 0 unspecified atom stereocenters. The first-order chi connectivity index (χ1) is 13.8. The van der Waals surface area contributed by atoms with Gasteiger partial charge in [0.2, 0.25) is 0 Å². The number of carbonyl (C=O) groups excluding carboxylic acids is 1. The van der Waals surface area contributed by atoms with Gasteiger partial charge in [0.25, 0.3) is 0 Å². The van der Waals surface area contributed by atoms with Crippen LogP contribution in [0.3, 0.4) is 0 Å². The van der Waals surface area contributed by atoms with Crippen LogP contribution in [0.25, 0.3) is 0 Å². The Morgan fingerprint density at radius 1 is 1.14 bits per heavy atom. The molecule has 5 heteroatoms. The van der Waals surface area contributed by atoms with E-state index in [0.717, 1.165) is 36.3 Å². The molecule has 1 atom stereocenters. The molecule has 0 bridgehead atoms. The average molecular weight is 395 g/mol. The van der Waals surface area contributed by atoms with E-state index >= 15 is 0 Å². The van der Waals surface area contributed by atoms with E-state index in [1.165, 1.54) is 5.56 Å². The zero-order valence-electron chi connectivity index (χ0n) is 17.4. The Morgan fingerprint density at radius 3 is 2.69 bits per heavy atom. The molecule has 5 nitrogen and oxygen atoms in total. The molecule has 1 spiro atoms. The van der Waals surface area contributed by atoms with Crippen molar-refractivity contribution in [1.82, 2.24) is 4.90 Å². The second kappa shape index (κ2) is 7.62. The van der Waals surface area contributed by atoms with Gasteiger partial charge in [-0.15, -0.1) is 0 Å². The number of aryl methyl sites for hydroxylation is 1. The van der Waals surface area contributed by atoms with Crippen LogP contribution in [0.1, 0.15) is 44.7 Å². The van der Waals surface area contributed by atoms with Gasteiger partial charge < -0.3 is 19.1 Å². The van der Waals surface area contributed by atoms with E-state index in [2.05, 4.69) is 6.07 Å². The number of nitrogens with zero attached hydrogens (tertiary/aromatic N) is 1. The van der Waals surface area contributed by atoms with Crippen molar-refractivity contribution in [3.8, 4) is 11.5 Å². The minimum absolute atomic E-state index is 0.260. The highest BCUT2D eigenvalue weighted by molar-refractivity contribution is 5.68. The predicted octanol–water partition coefficient (Wildman–Crippen LogP) is 4.97. The molecule has 2 aliphatic heterocycles. The molecule has 0 N–H and O–H groups in total. The third-order valence-electron chi connectivity index (χ3n) is 5.43. The smallest absolute Gasteiger partial charge is 0.410 e. The van der Waals surface area contributed by atoms with Crippen LogP contribution in [0.15, 0.2) is 48.5 Å². The first kappa shape index (κ1) is 19.6. The van der Waals surface area contributed by atoms with Crippen LogP contribution in [0.5, 0.6) is 11.5 Å². The van der Waals surface area contributed by atoms with E-state index in [9.17, 15) is 4.79 Å². The van der Waals surface area contributed by atoms with Crippen LogP contribution in [-0.4, -0.2) is 35.3 Å². The summed E-state index contributed by atoms with van der Waals surface area (Å²) < 4.78 is 17.9. The molecule has 0 saturated carbocycles. The number of carbonyl (C=O) groups is 1. The predicted molar refractivity (Wildman–Crippen MR) is 111 cm³/mol. The van der Waals surface area contributed by atoms with Crippen LogP contribution < -0.4 is 9.47 Å². The molecule has 2 aromatic carbocycles. The van der Waals surface area contributed by atoms with Crippen LogP contribution in [0.4, 0.5) is 4.79 Å². The molecule has 2 heterocycles. The largest absolute Gasteiger partial charge is 0.489 e. The fourth-order valence-corrected chi connectivity index (χ4v) is 3.93. The lowest BCUT2D eigenvalue weighted by Gasteiger charge is -2.35. The number of fused-ring (bicyclic) bond motifs is 1. The molecule has 4 rings (SSSR count). The maximum Gasteiger partial charge on any atom is 0.410 e. The molecule has 0 radical (unpaired) electrons. The minimum atomic E-state index is -0.488. The normalized spacial score (nSPS) is 20.9.